The molecule has 5 heteroatoms. The second-order valence-electron chi connectivity index (χ2n) is 8.46. The van der Waals surface area contributed by atoms with Crippen LogP contribution >= 0.6 is 0 Å². The van der Waals surface area contributed by atoms with Crippen LogP contribution in [0.3, 0.4) is 0 Å². The van der Waals surface area contributed by atoms with Gasteiger partial charge >= 0.3 is 0 Å². The normalized spacial score (nSPS) is 23.8. The van der Waals surface area contributed by atoms with Gasteiger partial charge in [0.25, 0.3) is 5.91 Å². The summed E-state index contributed by atoms with van der Waals surface area (Å²) in [7, 11) is 0. The molecule has 0 radical (unpaired) electrons. The predicted molar refractivity (Wildman–Crippen MR) is 102 cm³/mol. The summed E-state index contributed by atoms with van der Waals surface area (Å²) >= 11 is 0. The van der Waals surface area contributed by atoms with E-state index in [-0.39, 0.29) is 17.2 Å². The minimum atomic E-state index is 0.0644. The number of piperidine rings is 2. The summed E-state index contributed by atoms with van der Waals surface area (Å²) in [5, 5.41) is 0. The van der Waals surface area contributed by atoms with Gasteiger partial charge < -0.3 is 9.80 Å². The number of aromatic nitrogens is 1. The number of amides is 2. The van der Waals surface area contributed by atoms with Gasteiger partial charge in [0.15, 0.2) is 0 Å². The Labute approximate surface area is 156 Å². The van der Waals surface area contributed by atoms with Gasteiger partial charge in [0.2, 0.25) is 5.91 Å². The van der Waals surface area contributed by atoms with E-state index in [9.17, 15) is 9.59 Å². The molecule has 5 nitrogen and oxygen atoms in total. The van der Waals surface area contributed by atoms with E-state index in [4.69, 9.17) is 0 Å². The lowest BCUT2D eigenvalue weighted by Crippen LogP contribution is -2.55. The molecule has 0 N–H and O–H groups in total. The summed E-state index contributed by atoms with van der Waals surface area (Å²) in [6, 6.07) is 3.69. The molecule has 2 aliphatic rings. The molecule has 0 aromatic carbocycles. The molecule has 2 aliphatic heterocycles. The van der Waals surface area contributed by atoms with Crippen molar-refractivity contribution in [1.29, 1.82) is 0 Å². The monoisotopic (exact) mass is 357 g/mol. The highest BCUT2D eigenvalue weighted by Gasteiger charge is 2.42. The first-order valence-electron chi connectivity index (χ1n) is 9.89. The quantitative estimate of drug-likeness (QED) is 0.831. The standard InChI is InChI=1S/C21H31N3O2/c1-16(2)8-13-23-14-21(10-7-19(23)25)9-5-12-24(15-21)20(26)18-6-4-11-22-17(18)3/h4,6,11,16H,5,7-10,12-15H2,1-3H3. The van der Waals surface area contributed by atoms with E-state index in [1.54, 1.807) is 6.20 Å². The van der Waals surface area contributed by atoms with Crippen LogP contribution in [0.2, 0.25) is 0 Å². The Bertz CT molecular complexity index is 673. The van der Waals surface area contributed by atoms with Crippen LogP contribution in [0.1, 0.15) is 62.0 Å². The average Bonchev–Trinajstić information content (AvgIpc) is 2.63. The number of carbonyl (C=O) groups is 2. The highest BCUT2D eigenvalue weighted by Crippen LogP contribution is 2.39. The molecule has 1 atom stereocenters. The number of aryl methyl sites for hydroxylation is 1. The molecule has 26 heavy (non-hydrogen) atoms. The fourth-order valence-corrected chi connectivity index (χ4v) is 4.32. The lowest BCUT2D eigenvalue weighted by molar-refractivity contribution is -0.139. The van der Waals surface area contributed by atoms with Crippen LogP contribution in [0.25, 0.3) is 0 Å². The molecule has 2 amide bonds. The lowest BCUT2D eigenvalue weighted by Gasteiger charge is -2.48. The molecular formula is C21H31N3O2. The van der Waals surface area contributed by atoms with Crippen LogP contribution in [0.5, 0.6) is 0 Å². The van der Waals surface area contributed by atoms with Crippen molar-refractivity contribution in [3.8, 4) is 0 Å². The van der Waals surface area contributed by atoms with Crippen molar-refractivity contribution < 1.29 is 9.59 Å². The van der Waals surface area contributed by atoms with Gasteiger partial charge in [-0.05, 0) is 50.7 Å². The molecule has 1 unspecified atom stereocenters. The molecule has 2 fully saturated rings. The van der Waals surface area contributed by atoms with E-state index >= 15 is 0 Å². The molecule has 2 saturated heterocycles. The van der Waals surface area contributed by atoms with Crippen LogP contribution in [0, 0.1) is 18.3 Å². The van der Waals surface area contributed by atoms with Crippen LogP contribution in [0.15, 0.2) is 18.3 Å². The highest BCUT2D eigenvalue weighted by atomic mass is 16.2. The molecule has 142 valence electrons. The van der Waals surface area contributed by atoms with Gasteiger partial charge in [-0.2, -0.15) is 0 Å². The first kappa shape index (κ1) is 18.9. The Kier molecular flexibility index (Phi) is 5.64. The summed E-state index contributed by atoms with van der Waals surface area (Å²) in [5.41, 5.74) is 1.55. The Morgan fingerprint density at radius 1 is 1.31 bits per heavy atom. The Hall–Kier alpha value is -1.91. The number of pyridine rings is 1. The van der Waals surface area contributed by atoms with Crippen molar-refractivity contribution in [2.45, 2.75) is 52.9 Å². The van der Waals surface area contributed by atoms with Crippen molar-refractivity contribution in [3.63, 3.8) is 0 Å². The number of hydrogen-bond acceptors (Lipinski definition) is 3. The Morgan fingerprint density at radius 3 is 2.85 bits per heavy atom. The SMILES string of the molecule is Cc1ncccc1C(=O)N1CCCC2(CCC(=O)N(CCC(C)C)C2)C1. The molecule has 1 spiro atoms. The number of rotatable bonds is 4. The fraction of sp³-hybridized carbons (Fsp3) is 0.667. The molecule has 3 rings (SSSR count). The van der Waals surface area contributed by atoms with E-state index in [2.05, 4.69) is 18.8 Å². The average molecular weight is 357 g/mol. The van der Waals surface area contributed by atoms with E-state index < -0.39 is 0 Å². The largest absolute Gasteiger partial charge is 0.342 e. The van der Waals surface area contributed by atoms with Gasteiger partial charge in [-0.15, -0.1) is 0 Å². The van der Waals surface area contributed by atoms with E-state index in [0.29, 0.717) is 17.9 Å². The predicted octanol–water partition coefficient (Wildman–Crippen LogP) is 3.28. The minimum absolute atomic E-state index is 0.0644. The maximum absolute atomic E-state index is 13.0. The van der Waals surface area contributed by atoms with Gasteiger partial charge in [0.1, 0.15) is 0 Å². The van der Waals surface area contributed by atoms with E-state index in [1.165, 1.54) is 0 Å². The zero-order valence-corrected chi connectivity index (χ0v) is 16.3. The second-order valence-corrected chi connectivity index (χ2v) is 8.46. The van der Waals surface area contributed by atoms with Gasteiger partial charge in [-0.3, -0.25) is 14.6 Å². The van der Waals surface area contributed by atoms with Crippen LogP contribution < -0.4 is 0 Å². The van der Waals surface area contributed by atoms with Crippen LogP contribution in [-0.2, 0) is 4.79 Å². The second kappa shape index (κ2) is 7.77. The molecule has 0 bridgehead atoms. The van der Waals surface area contributed by atoms with Crippen molar-refractivity contribution in [2.75, 3.05) is 26.2 Å². The van der Waals surface area contributed by atoms with Crippen LogP contribution in [0.4, 0.5) is 0 Å². The maximum atomic E-state index is 13.0. The summed E-state index contributed by atoms with van der Waals surface area (Å²) in [6.07, 6.45) is 6.40. The highest BCUT2D eigenvalue weighted by molar-refractivity contribution is 5.95. The molecule has 1 aromatic heterocycles. The topological polar surface area (TPSA) is 53.5 Å². The zero-order chi connectivity index (χ0) is 18.7. The number of likely N-dealkylation sites (tertiary alicyclic amines) is 2. The number of nitrogens with zero attached hydrogens (tertiary/aromatic N) is 3. The van der Waals surface area contributed by atoms with Gasteiger partial charge in [-0.25, -0.2) is 0 Å². The first-order valence-corrected chi connectivity index (χ1v) is 9.89. The zero-order valence-electron chi connectivity index (χ0n) is 16.3. The summed E-state index contributed by atoms with van der Waals surface area (Å²) in [6.45, 7) is 9.48. The number of carbonyl (C=O) groups excluding carboxylic acids is 2. The van der Waals surface area contributed by atoms with Crippen molar-refractivity contribution >= 4 is 11.8 Å². The Balaban J connectivity index is 1.71. The molecular weight excluding hydrogens is 326 g/mol. The third-order valence-corrected chi connectivity index (χ3v) is 5.91. The number of hydrogen-bond donors (Lipinski definition) is 0. The molecule has 3 heterocycles. The third kappa shape index (κ3) is 4.08. The van der Waals surface area contributed by atoms with Crippen LogP contribution in [-0.4, -0.2) is 52.8 Å². The lowest BCUT2D eigenvalue weighted by atomic mass is 9.73. The van der Waals surface area contributed by atoms with E-state index in [0.717, 1.165) is 57.6 Å². The van der Waals surface area contributed by atoms with E-state index in [1.807, 2.05) is 28.9 Å². The van der Waals surface area contributed by atoms with Gasteiger partial charge in [-0.1, -0.05) is 13.8 Å². The minimum Gasteiger partial charge on any atom is -0.342 e. The summed E-state index contributed by atoms with van der Waals surface area (Å²) in [4.78, 5) is 33.7. The molecule has 0 saturated carbocycles. The summed E-state index contributed by atoms with van der Waals surface area (Å²) < 4.78 is 0. The third-order valence-electron chi connectivity index (χ3n) is 5.91. The smallest absolute Gasteiger partial charge is 0.255 e. The van der Waals surface area contributed by atoms with Gasteiger partial charge in [0.05, 0.1) is 5.56 Å². The maximum Gasteiger partial charge on any atom is 0.255 e. The Morgan fingerprint density at radius 2 is 2.12 bits per heavy atom. The fourth-order valence-electron chi connectivity index (χ4n) is 4.32. The van der Waals surface area contributed by atoms with Gasteiger partial charge in [0, 0.05) is 49.9 Å². The van der Waals surface area contributed by atoms with Crippen molar-refractivity contribution in [2.24, 2.45) is 11.3 Å². The molecule has 0 aliphatic carbocycles. The summed E-state index contributed by atoms with van der Waals surface area (Å²) in [5.74, 6) is 0.960. The van der Waals surface area contributed by atoms with Crippen molar-refractivity contribution in [3.05, 3.63) is 29.6 Å². The first-order chi connectivity index (χ1) is 12.4. The molecule has 1 aromatic rings. The van der Waals surface area contributed by atoms with Crippen molar-refractivity contribution in [1.82, 2.24) is 14.8 Å².